The van der Waals surface area contributed by atoms with E-state index in [1.54, 1.807) is 37.5 Å². The Hall–Kier alpha value is -2.76. The van der Waals surface area contributed by atoms with Crippen molar-refractivity contribution in [2.75, 3.05) is 20.3 Å². The third kappa shape index (κ3) is 5.15. The number of hydrogen-bond acceptors (Lipinski definition) is 5. The van der Waals surface area contributed by atoms with E-state index in [0.29, 0.717) is 11.5 Å². The minimum Gasteiger partial charge on any atom is -0.484 e. The lowest BCUT2D eigenvalue weighted by atomic mass is 10.1. The molecule has 0 radical (unpaired) electrons. The second-order valence-corrected chi connectivity index (χ2v) is 5.38. The first-order valence-corrected chi connectivity index (χ1v) is 7.66. The number of methoxy groups -OCH3 is 1. The topological polar surface area (TPSA) is 69.0 Å². The largest absolute Gasteiger partial charge is 0.484 e. The average molecular weight is 331 g/mol. The molecule has 0 spiro atoms. The summed E-state index contributed by atoms with van der Waals surface area (Å²) in [5, 5.41) is 0. The minimum atomic E-state index is -0.439. The molecule has 2 aromatic rings. The van der Waals surface area contributed by atoms with Gasteiger partial charge in [0.05, 0.1) is 25.8 Å². The summed E-state index contributed by atoms with van der Waals surface area (Å²) in [4.78, 5) is 25.7. The van der Waals surface area contributed by atoms with Crippen LogP contribution in [0.5, 0.6) is 5.75 Å². The Morgan fingerprint density at radius 3 is 2.54 bits per heavy atom. The van der Waals surface area contributed by atoms with E-state index < -0.39 is 5.92 Å². The molecule has 128 valence electrons. The van der Waals surface area contributed by atoms with Crippen molar-refractivity contribution in [2.24, 2.45) is 5.92 Å². The van der Waals surface area contributed by atoms with Crippen LogP contribution < -0.4 is 4.74 Å². The van der Waals surface area contributed by atoms with E-state index in [4.69, 9.17) is 13.9 Å². The summed E-state index contributed by atoms with van der Waals surface area (Å²) < 4.78 is 15.5. The van der Waals surface area contributed by atoms with Crippen LogP contribution in [0.4, 0.5) is 0 Å². The van der Waals surface area contributed by atoms with Gasteiger partial charge < -0.3 is 18.8 Å². The van der Waals surface area contributed by atoms with Gasteiger partial charge in [0.25, 0.3) is 5.91 Å². The van der Waals surface area contributed by atoms with Crippen molar-refractivity contribution >= 4 is 11.9 Å². The number of esters is 1. The summed E-state index contributed by atoms with van der Waals surface area (Å²) in [7, 11) is 1.33. The molecule has 0 bridgehead atoms. The highest BCUT2D eigenvalue weighted by molar-refractivity contribution is 5.79. The monoisotopic (exact) mass is 331 g/mol. The standard InChI is InChI=1S/C18H21NO5/c1-14(18(21)22-2)11-19(12-16-9-6-10-23-16)17(20)13-24-15-7-4-3-5-8-15/h3-10,14H,11-13H2,1-2H3. The van der Waals surface area contributed by atoms with Crippen molar-refractivity contribution in [3.05, 3.63) is 54.5 Å². The molecular weight excluding hydrogens is 310 g/mol. The van der Waals surface area contributed by atoms with Gasteiger partial charge in [-0.15, -0.1) is 0 Å². The number of ether oxygens (including phenoxy) is 2. The number of carbonyl (C=O) groups excluding carboxylic acids is 2. The molecule has 6 nitrogen and oxygen atoms in total. The fraction of sp³-hybridized carbons (Fsp3) is 0.333. The van der Waals surface area contributed by atoms with Crippen LogP contribution in [-0.2, 0) is 20.9 Å². The summed E-state index contributed by atoms with van der Waals surface area (Å²) in [6, 6.07) is 12.6. The predicted molar refractivity (Wildman–Crippen MR) is 87.2 cm³/mol. The van der Waals surface area contributed by atoms with Crippen molar-refractivity contribution in [1.82, 2.24) is 4.90 Å². The molecule has 2 rings (SSSR count). The zero-order valence-electron chi connectivity index (χ0n) is 13.8. The molecule has 0 fully saturated rings. The first-order chi connectivity index (χ1) is 11.6. The van der Waals surface area contributed by atoms with Gasteiger partial charge in [-0.2, -0.15) is 0 Å². The minimum absolute atomic E-state index is 0.112. The summed E-state index contributed by atoms with van der Waals surface area (Å²) in [5.41, 5.74) is 0. The maximum Gasteiger partial charge on any atom is 0.310 e. The highest BCUT2D eigenvalue weighted by atomic mass is 16.5. The maximum absolute atomic E-state index is 12.5. The highest BCUT2D eigenvalue weighted by Crippen LogP contribution is 2.12. The lowest BCUT2D eigenvalue weighted by Gasteiger charge is -2.24. The fourth-order valence-corrected chi connectivity index (χ4v) is 2.20. The number of carbonyl (C=O) groups is 2. The van der Waals surface area contributed by atoms with Crippen LogP contribution >= 0.6 is 0 Å². The Balaban J connectivity index is 2.00. The van der Waals surface area contributed by atoms with E-state index >= 15 is 0 Å². The molecule has 6 heteroatoms. The third-order valence-corrected chi connectivity index (χ3v) is 3.48. The van der Waals surface area contributed by atoms with Gasteiger partial charge in [0.1, 0.15) is 11.5 Å². The van der Waals surface area contributed by atoms with E-state index in [-0.39, 0.29) is 31.6 Å². The number of rotatable bonds is 8. The lowest BCUT2D eigenvalue weighted by Crippen LogP contribution is -2.39. The Morgan fingerprint density at radius 1 is 1.17 bits per heavy atom. The van der Waals surface area contributed by atoms with Crippen LogP contribution in [0.15, 0.2) is 53.1 Å². The number of hydrogen-bond donors (Lipinski definition) is 0. The Kier molecular flexibility index (Phi) is 6.42. The van der Waals surface area contributed by atoms with Gasteiger partial charge in [-0.1, -0.05) is 25.1 Å². The Morgan fingerprint density at radius 2 is 1.92 bits per heavy atom. The zero-order valence-corrected chi connectivity index (χ0v) is 13.8. The van der Waals surface area contributed by atoms with E-state index in [1.165, 1.54) is 12.0 Å². The molecule has 1 heterocycles. The first kappa shape index (κ1) is 17.6. The first-order valence-electron chi connectivity index (χ1n) is 7.66. The number of amides is 1. The fourth-order valence-electron chi connectivity index (χ4n) is 2.20. The Labute approximate surface area is 141 Å². The van der Waals surface area contributed by atoms with Crippen LogP contribution in [0, 0.1) is 5.92 Å². The second kappa shape index (κ2) is 8.76. The molecule has 1 aromatic carbocycles. The van der Waals surface area contributed by atoms with Crippen molar-refractivity contribution in [3.8, 4) is 5.75 Å². The normalized spacial score (nSPS) is 11.6. The van der Waals surface area contributed by atoms with Crippen molar-refractivity contribution in [2.45, 2.75) is 13.5 Å². The molecule has 1 atom stereocenters. The molecule has 0 saturated heterocycles. The van der Waals surface area contributed by atoms with Gasteiger partial charge in [0.15, 0.2) is 6.61 Å². The van der Waals surface area contributed by atoms with Gasteiger partial charge in [-0.25, -0.2) is 0 Å². The summed E-state index contributed by atoms with van der Waals surface area (Å²) >= 11 is 0. The Bertz CT molecular complexity index is 639. The summed E-state index contributed by atoms with van der Waals surface area (Å²) in [5.74, 6) is 0.220. The van der Waals surface area contributed by atoms with Crippen molar-refractivity contribution < 1.29 is 23.5 Å². The molecule has 0 aliphatic rings. The third-order valence-electron chi connectivity index (χ3n) is 3.48. The van der Waals surface area contributed by atoms with Crippen LogP contribution in [-0.4, -0.2) is 37.0 Å². The number of furan rings is 1. The smallest absolute Gasteiger partial charge is 0.310 e. The number of para-hydroxylation sites is 1. The van der Waals surface area contributed by atoms with Crippen LogP contribution in [0.1, 0.15) is 12.7 Å². The van der Waals surface area contributed by atoms with Crippen LogP contribution in [0.3, 0.4) is 0 Å². The summed E-state index contributed by atoms with van der Waals surface area (Å²) in [6.45, 7) is 2.10. The second-order valence-electron chi connectivity index (χ2n) is 5.38. The SMILES string of the molecule is COC(=O)C(C)CN(Cc1ccco1)C(=O)COc1ccccc1. The summed E-state index contributed by atoms with van der Waals surface area (Å²) in [6.07, 6.45) is 1.54. The molecule has 1 unspecified atom stereocenters. The van der Waals surface area contributed by atoms with Gasteiger partial charge in [0.2, 0.25) is 0 Å². The predicted octanol–water partition coefficient (Wildman–Crippen LogP) is 2.50. The molecule has 0 N–H and O–H groups in total. The van der Waals surface area contributed by atoms with Gasteiger partial charge in [-0.05, 0) is 24.3 Å². The molecular formula is C18H21NO5. The van der Waals surface area contributed by atoms with Crippen molar-refractivity contribution in [3.63, 3.8) is 0 Å². The molecule has 0 aliphatic carbocycles. The van der Waals surface area contributed by atoms with Crippen LogP contribution in [0.25, 0.3) is 0 Å². The number of nitrogens with zero attached hydrogens (tertiary/aromatic N) is 1. The zero-order chi connectivity index (χ0) is 17.4. The van der Waals surface area contributed by atoms with E-state index in [2.05, 4.69) is 0 Å². The lowest BCUT2D eigenvalue weighted by molar-refractivity contribution is -0.147. The molecule has 0 saturated carbocycles. The van der Waals surface area contributed by atoms with Crippen molar-refractivity contribution in [1.29, 1.82) is 0 Å². The molecule has 0 aliphatic heterocycles. The van der Waals surface area contributed by atoms with Gasteiger partial charge >= 0.3 is 5.97 Å². The molecule has 1 amide bonds. The average Bonchev–Trinajstić information content (AvgIpc) is 3.12. The van der Waals surface area contributed by atoms with Crippen LogP contribution in [0.2, 0.25) is 0 Å². The molecule has 24 heavy (non-hydrogen) atoms. The van der Waals surface area contributed by atoms with Gasteiger partial charge in [-0.3, -0.25) is 9.59 Å². The molecule has 1 aromatic heterocycles. The van der Waals surface area contributed by atoms with E-state index in [0.717, 1.165) is 0 Å². The number of benzene rings is 1. The highest BCUT2D eigenvalue weighted by Gasteiger charge is 2.23. The van der Waals surface area contributed by atoms with Gasteiger partial charge in [0, 0.05) is 6.54 Å². The quantitative estimate of drug-likeness (QED) is 0.695. The van der Waals surface area contributed by atoms with E-state index in [1.807, 2.05) is 18.2 Å². The van der Waals surface area contributed by atoms with E-state index in [9.17, 15) is 9.59 Å². The maximum atomic E-state index is 12.5.